The van der Waals surface area contributed by atoms with E-state index in [-0.39, 0.29) is 12.4 Å². The molecule has 0 radical (unpaired) electrons. The van der Waals surface area contributed by atoms with E-state index < -0.39 is 10.0 Å². The standard InChI is InChI=1S/C29H41N5O4S/c1-2-5-23-20-30-29(31-21-23)33-12-8-22(9-13-33)18-28-32-26-7-6-25(19-27(26)38-28)24-10-14-34(15-11-24)39(36,37)17-4-3-16-35/h6-7,19-22,24,35H,2-5,8-18H2,1H3. The first-order chi connectivity index (χ1) is 18.9. The van der Waals surface area contributed by atoms with Crippen molar-refractivity contribution in [1.82, 2.24) is 19.3 Å². The third-order valence-corrected chi connectivity index (χ3v) is 10.1. The number of sulfonamides is 1. The Morgan fingerprint density at radius 1 is 1.03 bits per heavy atom. The van der Waals surface area contributed by atoms with Crippen LogP contribution in [0.3, 0.4) is 0 Å². The molecule has 0 spiro atoms. The van der Waals surface area contributed by atoms with Gasteiger partial charge in [-0.3, -0.25) is 0 Å². The minimum Gasteiger partial charge on any atom is -0.441 e. The summed E-state index contributed by atoms with van der Waals surface area (Å²) in [5, 5.41) is 8.94. The van der Waals surface area contributed by atoms with Crippen LogP contribution in [0.2, 0.25) is 0 Å². The van der Waals surface area contributed by atoms with E-state index in [0.29, 0.717) is 37.8 Å². The molecule has 3 aromatic rings. The second kappa shape index (κ2) is 12.7. The van der Waals surface area contributed by atoms with E-state index in [1.807, 2.05) is 18.5 Å². The van der Waals surface area contributed by atoms with Crippen LogP contribution in [0.1, 0.15) is 74.8 Å². The highest BCUT2D eigenvalue weighted by molar-refractivity contribution is 7.89. The minimum atomic E-state index is -3.25. The van der Waals surface area contributed by atoms with E-state index in [0.717, 1.165) is 81.0 Å². The summed E-state index contributed by atoms with van der Waals surface area (Å²) in [6, 6.07) is 6.26. The normalized spacial score (nSPS) is 18.3. The molecule has 39 heavy (non-hydrogen) atoms. The van der Waals surface area contributed by atoms with Crippen molar-refractivity contribution >= 4 is 27.1 Å². The number of oxazole rings is 1. The van der Waals surface area contributed by atoms with Gasteiger partial charge in [0.2, 0.25) is 16.0 Å². The van der Waals surface area contributed by atoms with Gasteiger partial charge in [0.1, 0.15) is 5.52 Å². The minimum absolute atomic E-state index is 0.0340. The van der Waals surface area contributed by atoms with Crippen molar-refractivity contribution in [1.29, 1.82) is 0 Å². The van der Waals surface area contributed by atoms with Crippen molar-refractivity contribution in [3.05, 3.63) is 47.6 Å². The van der Waals surface area contributed by atoms with Crippen molar-refractivity contribution in [2.45, 2.75) is 70.6 Å². The molecule has 0 saturated carbocycles. The molecule has 10 heteroatoms. The Labute approximate surface area is 231 Å². The Balaban J connectivity index is 1.13. The third-order valence-electron chi connectivity index (χ3n) is 8.18. The lowest BCUT2D eigenvalue weighted by Gasteiger charge is -2.31. The molecule has 2 aliphatic heterocycles. The fraction of sp³-hybridized carbons (Fsp3) is 0.621. The van der Waals surface area contributed by atoms with E-state index in [2.05, 4.69) is 33.9 Å². The Bertz CT molecular complexity index is 1310. The number of anilines is 1. The number of benzene rings is 1. The monoisotopic (exact) mass is 555 g/mol. The number of nitrogens with zero attached hydrogens (tertiary/aromatic N) is 5. The lowest BCUT2D eigenvalue weighted by molar-refractivity contribution is 0.285. The van der Waals surface area contributed by atoms with E-state index in [9.17, 15) is 8.42 Å². The van der Waals surface area contributed by atoms with Crippen LogP contribution in [-0.2, 0) is 22.9 Å². The summed E-state index contributed by atoms with van der Waals surface area (Å²) in [7, 11) is -3.25. The summed E-state index contributed by atoms with van der Waals surface area (Å²) in [4.78, 5) is 16.2. The van der Waals surface area contributed by atoms with E-state index >= 15 is 0 Å². The zero-order chi connectivity index (χ0) is 27.2. The van der Waals surface area contributed by atoms with Crippen LogP contribution in [0.4, 0.5) is 5.95 Å². The number of rotatable bonds is 11. The molecule has 4 heterocycles. The summed E-state index contributed by atoms with van der Waals surface area (Å²) >= 11 is 0. The van der Waals surface area contributed by atoms with Crippen LogP contribution >= 0.6 is 0 Å². The molecule has 0 unspecified atom stereocenters. The topological polar surface area (TPSA) is 113 Å². The van der Waals surface area contributed by atoms with Crippen LogP contribution in [0.5, 0.6) is 0 Å². The molecule has 5 rings (SSSR count). The van der Waals surface area contributed by atoms with Crippen LogP contribution in [0, 0.1) is 5.92 Å². The van der Waals surface area contributed by atoms with Crippen LogP contribution in [0.25, 0.3) is 11.1 Å². The third kappa shape index (κ3) is 6.96. The van der Waals surface area contributed by atoms with E-state index in [4.69, 9.17) is 14.5 Å². The number of aliphatic hydroxyl groups excluding tert-OH is 1. The number of hydrogen-bond donors (Lipinski definition) is 1. The van der Waals surface area contributed by atoms with Crippen molar-refractivity contribution < 1.29 is 17.9 Å². The Kier molecular flexibility index (Phi) is 9.14. The van der Waals surface area contributed by atoms with Gasteiger partial charge >= 0.3 is 0 Å². The lowest BCUT2D eigenvalue weighted by atomic mass is 9.90. The van der Waals surface area contributed by atoms with E-state index in [1.54, 1.807) is 4.31 Å². The van der Waals surface area contributed by atoms with Gasteiger partial charge < -0.3 is 14.4 Å². The number of fused-ring (bicyclic) bond motifs is 1. The van der Waals surface area contributed by atoms with Gasteiger partial charge in [0.25, 0.3) is 0 Å². The fourth-order valence-electron chi connectivity index (χ4n) is 5.84. The van der Waals surface area contributed by atoms with Crippen LogP contribution < -0.4 is 4.90 Å². The van der Waals surface area contributed by atoms with Crippen LogP contribution in [-0.4, -0.2) is 71.3 Å². The fourth-order valence-corrected chi connectivity index (χ4v) is 7.43. The molecule has 1 aromatic carbocycles. The van der Waals surface area contributed by atoms with Gasteiger partial charge in [-0.2, -0.15) is 0 Å². The molecule has 2 fully saturated rings. The number of piperidine rings is 2. The van der Waals surface area contributed by atoms with Crippen molar-refractivity contribution in [2.75, 3.05) is 43.4 Å². The molecule has 2 aromatic heterocycles. The maximum absolute atomic E-state index is 12.6. The highest BCUT2D eigenvalue weighted by Gasteiger charge is 2.29. The molecule has 1 N–H and O–H groups in total. The Hall–Kier alpha value is -2.56. The first kappa shape index (κ1) is 28.0. The predicted molar refractivity (Wildman–Crippen MR) is 152 cm³/mol. The molecule has 0 atom stereocenters. The largest absolute Gasteiger partial charge is 0.441 e. The first-order valence-corrected chi connectivity index (χ1v) is 16.1. The highest BCUT2D eigenvalue weighted by Crippen LogP contribution is 2.32. The number of aryl methyl sites for hydroxylation is 1. The van der Waals surface area contributed by atoms with Crippen molar-refractivity contribution in [3.8, 4) is 0 Å². The molecule has 0 aliphatic carbocycles. The lowest BCUT2D eigenvalue weighted by Crippen LogP contribution is -2.39. The number of aliphatic hydroxyl groups is 1. The first-order valence-electron chi connectivity index (χ1n) is 14.5. The predicted octanol–water partition coefficient (Wildman–Crippen LogP) is 4.31. The van der Waals surface area contributed by atoms with E-state index in [1.165, 1.54) is 11.1 Å². The number of hydrogen-bond acceptors (Lipinski definition) is 8. The summed E-state index contributed by atoms with van der Waals surface area (Å²) < 4.78 is 33.0. The van der Waals surface area contributed by atoms with Gasteiger partial charge in [0.15, 0.2) is 11.5 Å². The highest BCUT2D eigenvalue weighted by atomic mass is 32.2. The number of aromatic nitrogens is 3. The summed E-state index contributed by atoms with van der Waals surface area (Å²) in [5.74, 6) is 2.58. The zero-order valence-corrected chi connectivity index (χ0v) is 23.8. The molecule has 9 nitrogen and oxygen atoms in total. The Morgan fingerprint density at radius 3 is 2.46 bits per heavy atom. The molecule has 212 valence electrons. The van der Waals surface area contributed by atoms with Crippen LogP contribution in [0.15, 0.2) is 35.0 Å². The summed E-state index contributed by atoms with van der Waals surface area (Å²) in [5.41, 5.74) is 4.09. The quantitative estimate of drug-likeness (QED) is 0.348. The van der Waals surface area contributed by atoms with Gasteiger partial charge in [-0.25, -0.2) is 27.7 Å². The molecule has 2 saturated heterocycles. The second-order valence-corrected chi connectivity index (χ2v) is 13.1. The zero-order valence-electron chi connectivity index (χ0n) is 23.0. The van der Waals surface area contributed by atoms with Gasteiger partial charge in [-0.05, 0) is 80.0 Å². The summed E-state index contributed by atoms with van der Waals surface area (Å²) in [6.45, 7) is 5.17. The molecule has 2 aliphatic rings. The average Bonchev–Trinajstić information content (AvgIpc) is 3.36. The van der Waals surface area contributed by atoms with Gasteiger partial charge in [0, 0.05) is 51.6 Å². The SMILES string of the molecule is CCCc1cnc(N2CCC(Cc3nc4ccc(C5CCN(S(=O)(=O)CCCCO)CC5)cc4o3)CC2)nc1. The molecule has 0 bridgehead atoms. The molecular formula is C29H41N5O4S. The second-order valence-electron chi connectivity index (χ2n) is 11.0. The van der Waals surface area contributed by atoms with Gasteiger partial charge in [0.05, 0.1) is 5.75 Å². The molecule has 0 amide bonds. The van der Waals surface area contributed by atoms with Gasteiger partial charge in [-0.15, -0.1) is 0 Å². The number of unbranched alkanes of at least 4 members (excludes halogenated alkanes) is 1. The average molecular weight is 556 g/mol. The van der Waals surface area contributed by atoms with Crippen molar-refractivity contribution in [3.63, 3.8) is 0 Å². The Morgan fingerprint density at radius 2 is 1.77 bits per heavy atom. The maximum Gasteiger partial charge on any atom is 0.225 e. The molecular weight excluding hydrogens is 514 g/mol. The van der Waals surface area contributed by atoms with Gasteiger partial charge in [-0.1, -0.05) is 19.4 Å². The van der Waals surface area contributed by atoms with Crippen molar-refractivity contribution in [2.24, 2.45) is 5.92 Å². The smallest absolute Gasteiger partial charge is 0.225 e. The maximum atomic E-state index is 12.6. The summed E-state index contributed by atoms with van der Waals surface area (Å²) in [6.07, 6.45) is 11.6.